The molecule has 0 spiro atoms. The summed E-state index contributed by atoms with van der Waals surface area (Å²) in [4.78, 5) is 25.4. The number of para-hydroxylation sites is 1. The third-order valence-corrected chi connectivity index (χ3v) is 3.39. The zero-order valence-corrected chi connectivity index (χ0v) is 22.5. The van der Waals surface area contributed by atoms with Crippen molar-refractivity contribution in [2.24, 2.45) is 0 Å². The summed E-state index contributed by atoms with van der Waals surface area (Å²) in [6, 6.07) is 5.99. The number of hydrogen-bond donors (Lipinski definition) is 6. The molecule has 0 aliphatic carbocycles. The van der Waals surface area contributed by atoms with Crippen molar-refractivity contribution in [1.29, 1.82) is 0 Å². The van der Waals surface area contributed by atoms with Crippen LogP contribution in [0.2, 0.25) is 0 Å². The number of rotatable bonds is 1. The van der Waals surface area contributed by atoms with Crippen LogP contribution in [0, 0.1) is 55.1 Å². The van der Waals surface area contributed by atoms with Gasteiger partial charge in [0.2, 0.25) is 0 Å². The SMILES string of the molecule is COc1c2cccc1COCCOCCOCCOCCOC2.O.O=[N+](O)O.O=[N+](O)O.O=[N+](O)O.[Sm]. The summed E-state index contributed by atoms with van der Waals surface area (Å²) in [5.41, 5.74) is 2.02. The zero-order chi connectivity index (χ0) is 26.9. The van der Waals surface area contributed by atoms with Crippen molar-refractivity contribution in [3.05, 3.63) is 44.0 Å². The van der Waals surface area contributed by atoms with Crippen LogP contribution in [-0.4, -0.2) is 112 Å². The standard InChI is InChI=1S/C17H26O6.3H2NO3.H2O.Sm/c1-18-17-15-3-2-4-16(17)14-23-12-10-21-8-6-19-5-7-20-9-11-22-13-15;3*2-1(3)4;;/h2-4H,5-14H2,1H3;3*(H2,2,3,4);1H2;/q;3*+1;;. The zero-order valence-electron chi connectivity index (χ0n) is 19.9. The predicted octanol–water partition coefficient (Wildman–Crippen LogP) is -0.402. The molecular weight excluding hydrogens is 653 g/mol. The van der Waals surface area contributed by atoms with Gasteiger partial charge in [-0.1, -0.05) is 18.2 Å². The van der Waals surface area contributed by atoms with Crippen LogP contribution in [-0.2, 0) is 36.9 Å². The first-order valence-corrected chi connectivity index (χ1v) is 9.70. The fraction of sp³-hybridized carbons (Fsp3) is 0.647. The van der Waals surface area contributed by atoms with Crippen LogP contribution >= 0.6 is 0 Å². The molecule has 0 amide bonds. The molecule has 37 heavy (non-hydrogen) atoms. The van der Waals surface area contributed by atoms with Gasteiger partial charge in [0, 0.05) is 51.5 Å². The monoisotopic (exact) mass is 688 g/mol. The Morgan fingerprint density at radius 2 is 0.865 bits per heavy atom. The van der Waals surface area contributed by atoms with Gasteiger partial charge in [-0.15, -0.1) is 0 Å². The summed E-state index contributed by atoms with van der Waals surface area (Å²) in [7, 11) is 1.67. The van der Waals surface area contributed by atoms with Crippen LogP contribution in [0.3, 0.4) is 0 Å². The molecule has 1 aliphatic heterocycles. The fourth-order valence-electron chi connectivity index (χ4n) is 2.27. The Morgan fingerprint density at radius 1 is 0.622 bits per heavy atom. The van der Waals surface area contributed by atoms with Crippen LogP contribution in [0.15, 0.2) is 18.2 Å². The third-order valence-electron chi connectivity index (χ3n) is 3.39. The first kappa shape index (κ1) is 41.8. The van der Waals surface area contributed by atoms with Crippen molar-refractivity contribution < 1.29 is 121 Å². The fourth-order valence-corrected chi connectivity index (χ4v) is 2.27. The van der Waals surface area contributed by atoms with Gasteiger partial charge in [-0.2, -0.15) is 0 Å². The van der Waals surface area contributed by atoms with E-state index < -0.39 is 15.3 Å². The molecule has 0 aromatic heterocycles. The van der Waals surface area contributed by atoms with Crippen molar-refractivity contribution in [2.75, 3.05) is 60.0 Å². The summed E-state index contributed by atoms with van der Waals surface area (Å²) in [5, 5.41) is 37.6. The molecule has 19 nitrogen and oxygen atoms in total. The Bertz CT molecular complexity index is 640. The maximum atomic E-state index is 8.47. The van der Waals surface area contributed by atoms with Gasteiger partial charge >= 0.3 is 15.3 Å². The number of methoxy groups -OCH3 is 1. The van der Waals surface area contributed by atoms with E-state index in [0.29, 0.717) is 66.1 Å². The van der Waals surface area contributed by atoms with Gasteiger partial charge in [-0.25, -0.2) is 31.2 Å². The van der Waals surface area contributed by atoms with Crippen LogP contribution in [0.4, 0.5) is 0 Å². The first-order chi connectivity index (χ1) is 16.6. The van der Waals surface area contributed by atoms with Gasteiger partial charge in [0.25, 0.3) is 0 Å². The average Bonchev–Trinajstić information content (AvgIpc) is 2.74. The molecule has 0 saturated heterocycles. The van der Waals surface area contributed by atoms with E-state index in [-0.39, 0.29) is 45.9 Å². The van der Waals surface area contributed by atoms with Gasteiger partial charge in [0.1, 0.15) is 20.5 Å². The smallest absolute Gasteiger partial charge is 0.472 e. The Hall–Kier alpha value is -2.28. The Morgan fingerprint density at radius 3 is 1.11 bits per heavy atom. The van der Waals surface area contributed by atoms with E-state index in [4.69, 9.17) is 74.4 Å². The van der Waals surface area contributed by atoms with E-state index >= 15 is 0 Å². The number of nitrogens with zero attached hydrogens (tertiary/aromatic N) is 3. The summed E-state index contributed by atoms with van der Waals surface area (Å²) in [6.07, 6.45) is 0. The van der Waals surface area contributed by atoms with E-state index in [9.17, 15) is 0 Å². The van der Waals surface area contributed by atoms with Crippen LogP contribution in [0.25, 0.3) is 0 Å². The quantitative estimate of drug-likeness (QED) is 0.205. The number of hydrogen-bond acceptors (Lipinski definition) is 9. The summed E-state index contributed by atoms with van der Waals surface area (Å²) < 4.78 is 33.1. The minimum atomic E-state index is -1.25. The van der Waals surface area contributed by atoms with Gasteiger partial charge in [-0.3, -0.25) is 0 Å². The second-order valence-corrected chi connectivity index (χ2v) is 5.81. The minimum Gasteiger partial charge on any atom is -0.496 e. The minimum absolute atomic E-state index is 0. The molecule has 216 valence electrons. The molecule has 0 atom stereocenters. The van der Waals surface area contributed by atoms with Crippen molar-refractivity contribution in [3.8, 4) is 5.75 Å². The third kappa shape index (κ3) is 33.7. The largest absolute Gasteiger partial charge is 0.496 e. The van der Waals surface area contributed by atoms with Crippen molar-refractivity contribution in [2.45, 2.75) is 13.2 Å². The molecular formula is C17H34N3O16Sm+3. The van der Waals surface area contributed by atoms with Crippen LogP contribution in [0.5, 0.6) is 5.75 Å². The Labute approximate surface area is 242 Å². The van der Waals surface area contributed by atoms with Gasteiger partial charge in [0.15, 0.2) is 0 Å². The molecule has 20 heteroatoms. The van der Waals surface area contributed by atoms with Crippen LogP contribution < -0.4 is 4.74 Å². The topological polar surface area (TPSA) is 268 Å². The number of fused-ring (bicyclic) bond motifs is 2. The second kappa shape index (κ2) is 29.9. The van der Waals surface area contributed by atoms with E-state index in [1.54, 1.807) is 7.11 Å². The van der Waals surface area contributed by atoms with Gasteiger partial charge in [-0.05, 0) is 0 Å². The van der Waals surface area contributed by atoms with E-state index in [2.05, 4.69) is 0 Å². The molecule has 0 unspecified atom stereocenters. The summed E-state index contributed by atoms with van der Waals surface area (Å²) in [5.74, 6) is 0.823. The molecule has 2 bridgehead atoms. The molecule has 8 N–H and O–H groups in total. The molecule has 0 fully saturated rings. The van der Waals surface area contributed by atoms with Gasteiger partial charge in [0.05, 0.1) is 73.2 Å². The molecule has 0 radical (unpaired) electrons. The molecule has 2 rings (SSSR count). The summed E-state index contributed by atoms with van der Waals surface area (Å²) >= 11 is 0. The Balaban J connectivity index is -0.000000328. The molecule has 1 heterocycles. The predicted molar refractivity (Wildman–Crippen MR) is 110 cm³/mol. The average molecular weight is 687 g/mol. The maximum Gasteiger partial charge on any atom is 0.472 e. The van der Waals surface area contributed by atoms with Crippen LogP contribution in [0.1, 0.15) is 11.1 Å². The van der Waals surface area contributed by atoms with E-state index in [0.717, 1.165) is 16.9 Å². The van der Waals surface area contributed by atoms with Crippen molar-refractivity contribution in [1.82, 2.24) is 0 Å². The van der Waals surface area contributed by atoms with Crippen molar-refractivity contribution >= 4 is 0 Å². The van der Waals surface area contributed by atoms with E-state index in [1.807, 2.05) is 18.2 Å². The van der Waals surface area contributed by atoms with Gasteiger partial charge < -0.3 is 33.9 Å². The number of benzene rings is 1. The molecule has 1 aromatic carbocycles. The summed E-state index contributed by atoms with van der Waals surface area (Å²) in [6.45, 7) is 5.39. The molecule has 0 saturated carbocycles. The first-order valence-electron chi connectivity index (χ1n) is 9.70. The normalized spacial score (nSPS) is 14.1. The molecule has 1 aromatic rings. The Kier molecular flexibility index (Phi) is 33.9. The molecule has 1 aliphatic rings. The van der Waals surface area contributed by atoms with E-state index in [1.165, 1.54) is 0 Å². The second-order valence-electron chi connectivity index (χ2n) is 5.81. The number of ether oxygens (including phenoxy) is 6. The van der Waals surface area contributed by atoms with Crippen molar-refractivity contribution in [3.63, 3.8) is 0 Å². The maximum absolute atomic E-state index is 8.47.